The number of H-pyrrole nitrogens is 1. The van der Waals surface area contributed by atoms with E-state index in [9.17, 15) is 9.18 Å². The Morgan fingerprint density at radius 2 is 2.21 bits per heavy atom. The Morgan fingerprint density at radius 1 is 1.42 bits per heavy atom. The molecule has 0 saturated heterocycles. The number of imidazole rings is 1. The number of halogens is 1. The average Bonchev–Trinajstić information content (AvgIpc) is 2.93. The Bertz CT molecular complexity index is 791. The number of nitrogens with zero attached hydrogens (tertiary/aromatic N) is 2. The van der Waals surface area contributed by atoms with Crippen molar-refractivity contribution in [3.05, 3.63) is 35.3 Å². The molecule has 0 amide bonds. The van der Waals surface area contributed by atoms with Gasteiger partial charge in [-0.15, -0.1) is 0 Å². The lowest BCUT2D eigenvalue weighted by Crippen LogP contribution is -1.98. The maximum Gasteiger partial charge on any atom is 0.338 e. The molecule has 0 saturated carbocycles. The summed E-state index contributed by atoms with van der Waals surface area (Å²) in [6.45, 7) is 1.72. The Balaban J connectivity index is 2.25. The first-order valence-electron chi connectivity index (χ1n) is 5.41. The van der Waals surface area contributed by atoms with Gasteiger partial charge in [0.2, 0.25) is 0 Å². The number of rotatable bonds is 2. The van der Waals surface area contributed by atoms with Gasteiger partial charge in [-0.1, -0.05) is 5.16 Å². The van der Waals surface area contributed by atoms with Crippen molar-refractivity contribution in [1.82, 2.24) is 15.1 Å². The van der Waals surface area contributed by atoms with E-state index < -0.39 is 11.8 Å². The van der Waals surface area contributed by atoms with Crippen LogP contribution in [0.25, 0.3) is 22.6 Å². The van der Waals surface area contributed by atoms with E-state index >= 15 is 0 Å². The van der Waals surface area contributed by atoms with E-state index in [2.05, 4.69) is 15.1 Å². The van der Waals surface area contributed by atoms with E-state index in [4.69, 9.17) is 9.63 Å². The molecule has 2 N–H and O–H groups in total. The van der Waals surface area contributed by atoms with Crippen LogP contribution in [0.3, 0.4) is 0 Å². The quantitative estimate of drug-likeness (QED) is 0.738. The predicted molar refractivity (Wildman–Crippen MR) is 63.2 cm³/mol. The van der Waals surface area contributed by atoms with Crippen molar-refractivity contribution in [3.8, 4) is 11.5 Å². The molecular weight excluding hydrogens is 253 g/mol. The molecule has 0 aliphatic carbocycles. The standard InChI is InChI=1S/C12H8FN3O3/c1-5-2-9(16-19-5)11-14-8-4-6(13)3-7(12(17)18)10(8)15-11/h2-4H,1H3,(H,14,15)(H,17,18). The Hall–Kier alpha value is -2.70. The van der Waals surface area contributed by atoms with Crippen LogP contribution in [0.2, 0.25) is 0 Å². The molecule has 3 aromatic rings. The number of carboxylic acid groups (broad SMARTS) is 1. The summed E-state index contributed by atoms with van der Waals surface area (Å²) < 4.78 is 18.2. The number of aryl methyl sites for hydroxylation is 1. The molecule has 0 atom stereocenters. The number of nitrogens with one attached hydrogen (secondary N) is 1. The van der Waals surface area contributed by atoms with Gasteiger partial charge in [-0.05, 0) is 19.1 Å². The number of aromatic nitrogens is 3. The third-order valence-corrected chi connectivity index (χ3v) is 2.65. The number of aromatic carboxylic acids is 1. The molecule has 7 heteroatoms. The smallest absolute Gasteiger partial charge is 0.338 e. The minimum absolute atomic E-state index is 0.185. The van der Waals surface area contributed by atoms with Crippen LogP contribution in [-0.4, -0.2) is 26.2 Å². The van der Waals surface area contributed by atoms with Crippen LogP contribution >= 0.6 is 0 Å². The molecule has 0 fully saturated rings. The van der Waals surface area contributed by atoms with E-state index in [1.807, 2.05) is 0 Å². The Kier molecular flexibility index (Phi) is 2.34. The maximum atomic E-state index is 13.3. The van der Waals surface area contributed by atoms with Crippen LogP contribution in [0.5, 0.6) is 0 Å². The molecule has 2 aromatic heterocycles. The third kappa shape index (κ3) is 1.85. The molecule has 1 aromatic carbocycles. The fourth-order valence-corrected chi connectivity index (χ4v) is 1.84. The first-order valence-corrected chi connectivity index (χ1v) is 5.41. The summed E-state index contributed by atoms with van der Waals surface area (Å²) in [5.41, 5.74) is 0.723. The summed E-state index contributed by atoms with van der Waals surface area (Å²) in [6.07, 6.45) is 0. The lowest BCUT2D eigenvalue weighted by atomic mass is 10.2. The molecule has 0 bridgehead atoms. The van der Waals surface area contributed by atoms with Crippen LogP contribution in [0.4, 0.5) is 4.39 Å². The van der Waals surface area contributed by atoms with Crippen LogP contribution in [-0.2, 0) is 0 Å². The van der Waals surface area contributed by atoms with Gasteiger partial charge in [0.05, 0.1) is 11.1 Å². The molecule has 3 rings (SSSR count). The van der Waals surface area contributed by atoms with Crippen LogP contribution < -0.4 is 0 Å². The van der Waals surface area contributed by atoms with Gasteiger partial charge in [-0.2, -0.15) is 0 Å². The van der Waals surface area contributed by atoms with E-state index in [1.54, 1.807) is 13.0 Å². The van der Waals surface area contributed by atoms with Crippen molar-refractivity contribution in [1.29, 1.82) is 0 Å². The van der Waals surface area contributed by atoms with Crippen LogP contribution in [0.15, 0.2) is 22.7 Å². The molecule has 2 heterocycles. The number of benzene rings is 1. The van der Waals surface area contributed by atoms with E-state index in [0.29, 0.717) is 22.8 Å². The third-order valence-electron chi connectivity index (χ3n) is 2.65. The molecule has 0 aliphatic rings. The Morgan fingerprint density at radius 3 is 2.84 bits per heavy atom. The largest absolute Gasteiger partial charge is 0.478 e. The fraction of sp³-hybridized carbons (Fsp3) is 0.0833. The molecule has 0 radical (unpaired) electrons. The first kappa shape index (κ1) is 11.4. The average molecular weight is 261 g/mol. The molecule has 0 aliphatic heterocycles. The van der Waals surface area contributed by atoms with Crippen LogP contribution in [0, 0.1) is 12.7 Å². The number of aromatic amines is 1. The van der Waals surface area contributed by atoms with Gasteiger partial charge in [0.25, 0.3) is 0 Å². The number of fused-ring (bicyclic) bond motifs is 1. The van der Waals surface area contributed by atoms with E-state index in [-0.39, 0.29) is 11.1 Å². The van der Waals surface area contributed by atoms with Gasteiger partial charge in [0.15, 0.2) is 5.82 Å². The van der Waals surface area contributed by atoms with Gasteiger partial charge in [-0.3, -0.25) is 0 Å². The second-order valence-electron chi connectivity index (χ2n) is 4.06. The molecule has 0 unspecified atom stereocenters. The highest BCUT2D eigenvalue weighted by atomic mass is 19.1. The van der Waals surface area contributed by atoms with E-state index in [1.165, 1.54) is 6.07 Å². The monoisotopic (exact) mass is 261 g/mol. The molecule has 96 valence electrons. The normalized spacial score (nSPS) is 11.1. The van der Waals surface area contributed by atoms with Gasteiger partial charge in [-0.25, -0.2) is 14.2 Å². The zero-order chi connectivity index (χ0) is 13.6. The molecule has 0 spiro atoms. The van der Waals surface area contributed by atoms with Crippen molar-refractivity contribution >= 4 is 17.0 Å². The first-order chi connectivity index (χ1) is 9.04. The Labute approximate surface area is 105 Å². The lowest BCUT2D eigenvalue weighted by molar-refractivity contribution is 0.0698. The van der Waals surface area contributed by atoms with Gasteiger partial charge in [0, 0.05) is 6.07 Å². The zero-order valence-corrected chi connectivity index (χ0v) is 9.77. The predicted octanol–water partition coefficient (Wildman–Crippen LogP) is 2.36. The summed E-state index contributed by atoms with van der Waals surface area (Å²) in [5, 5.41) is 12.8. The summed E-state index contributed by atoms with van der Waals surface area (Å²) in [4.78, 5) is 18.0. The summed E-state index contributed by atoms with van der Waals surface area (Å²) in [5.74, 6) is -0.949. The van der Waals surface area contributed by atoms with Crippen molar-refractivity contribution < 1.29 is 18.8 Å². The summed E-state index contributed by atoms with van der Waals surface area (Å²) in [7, 11) is 0. The highest BCUT2D eigenvalue weighted by Crippen LogP contribution is 2.23. The number of hydrogen-bond donors (Lipinski definition) is 2. The number of carboxylic acids is 1. The van der Waals surface area contributed by atoms with Crippen LogP contribution in [0.1, 0.15) is 16.1 Å². The zero-order valence-electron chi connectivity index (χ0n) is 9.77. The SMILES string of the molecule is Cc1cc(-c2nc3c(C(=O)O)cc(F)cc3[nH]2)no1. The molecular formula is C12H8FN3O3. The van der Waals surface area contributed by atoms with Crippen molar-refractivity contribution in [2.75, 3.05) is 0 Å². The number of hydrogen-bond acceptors (Lipinski definition) is 4. The van der Waals surface area contributed by atoms with Crippen molar-refractivity contribution in [3.63, 3.8) is 0 Å². The van der Waals surface area contributed by atoms with Crippen molar-refractivity contribution in [2.24, 2.45) is 0 Å². The minimum Gasteiger partial charge on any atom is -0.478 e. The lowest BCUT2D eigenvalue weighted by Gasteiger charge is -1.95. The highest BCUT2D eigenvalue weighted by molar-refractivity contribution is 6.01. The molecule has 19 heavy (non-hydrogen) atoms. The number of carbonyl (C=O) groups is 1. The van der Waals surface area contributed by atoms with Crippen molar-refractivity contribution in [2.45, 2.75) is 6.92 Å². The second-order valence-corrected chi connectivity index (χ2v) is 4.06. The fourth-order valence-electron chi connectivity index (χ4n) is 1.84. The highest BCUT2D eigenvalue weighted by Gasteiger charge is 2.17. The maximum absolute atomic E-state index is 13.3. The van der Waals surface area contributed by atoms with Gasteiger partial charge < -0.3 is 14.6 Å². The van der Waals surface area contributed by atoms with Gasteiger partial charge in [0.1, 0.15) is 22.8 Å². The molecule has 6 nitrogen and oxygen atoms in total. The summed E-state index contributed by atoms with van der Waals surface area (Å²) >= 11 is 0. The minimum atomic E-state index is -1.24. The topological polar surface area (TPSA) is 92.0 Å². The second kappa shape index (κ2) is 3.91. The van der Waals surface area contributed by atoms with E-state index in [0.717, 1.165) is 6.07 Å². The summed E-state index contributed by atoms with van der Waals surface area (Å²) in [6, 6.07) is 3.77. The van der Waals surface area contributed by atoms with Gasteiger partial charge >= 0.3 is 5.97 Å².